The summed E-state index contributed by atoms with van der Waals surface area (Å²) in [5.41, 5.74) is -5.09. The van der Waals surface area contributed by atoms with E-state index in [1.54, 1.807) is 0 Å². The summed E-state index contributed by atoms with van der Waals surface area (Å²) in [6.07, 6.45) is 0. The molecule has 0 aliphatic heterocycles. The molecule has 0 N–H and O–H groups in total. The van der Waals surface area contributed by atoms with Crippen LogP contribution in [0.25, 0.3) is 0 Å². The van der Waals surface area contributed by atoms with Crippen LogP contribution in [0.4, 0.5) is 13.2 Å². The number of hydrogen-bond acceptors (Lipinski definition) is 4. The van der Waals surface area contributed by atoms with Crippen LogP contribution in [0.15, 0.2) is 18.2 Å². The molecule has 0 saturated carbocycles. The van der Waals surface area contributed by atoms with Gasteiger partial charge < -0.3 is 4.18 Å². The van der Waals surface area contributed by atoms with Crippen molar-refractivity contribution < 1.29 is 25.8 Å². The topological polar surface area (TPSA) is 56.3 Å². The van der Waals surface area contributed by atoms with Crippen LogP contribution in [-0.4, -0.2) is 18.9 Å². The summed E-state index contributed by atoms with van der Waals surface area (Å²) in [5, 5.41) is 0. The molecule has 0 unspecified atom stereocenters. The van der Waals surface area contributed by atoms with Crippen LogP contribution in [-0.2, 0) is 10.1 Å². The van der Waals surface area contributed by atoms with E-state index in [9.17, 15) is 21.6 Å². The Bertz CT molecular complexity index is 455. The standard InChI is InChI=1S/C7H6F3NO3S/c1-5-3-2-4-6(11-5)14-15(12,13)7(8,9)10/h2-4H,1H3. The monoisotopic (exact) mass is 241 g/mol. The molecule has 0 radical (unpaired) electrons. The lowest BCUT2D eigenvalue weighted by molar-refractivity contribution is -0.0501. The van der Waals surface area contributed by atoms with Gasteiger partial charge in [-0.15, -0.1) is 0 Å². The number of aromatic nitrogens is 1. The molecule has 0 fully saturated rings. The first-order valence-corrected chi connectivity index (χ1v) is 5.07. The largest absolute Gasteiger partial charge is 0.534 e. The molecule has 0 atom stereocenters. The maximum atomic E-state index is 11.9. The number of pyridine rings is 1. The van der Waals surface area contributed by atoms with E-state index >= 15 is 0 Å². The van der Waals surface area contributed by atoms with Crippen LogP contribution in [0.1, 0.15) is 5.69 Å². The number of nitrogens with zero attached hydrogens (tertiary/aromatic N) is 1. The Labute approximate surface area is 83.8 Å². The van der Waals surface area contributed by atoms with E-state index in [2.05, 4.69) is 9.17 Å². The molecule has 0 amide bonds. The Morgan fingerprint density at radius 2 is 1.93 bits per heavy atom. The van der Waals surface area contributed by atoms with E-state index in [0.29, 0.717) is 5.69 Å². The van der Waals surface area contributed by atoms with Gasteiger partial charge in [0, 0.05) is 11.8 Å². The van der Waals surface area contributed by atoms with Crippen molar-refractivity contribution in [3.63, 3.8) is 0 Å². The first-order valence-electron chi connectivity index (χ1n) is 3.67. The Hall–Kier alpha value is -1.31. The Kier molecular flexibility index (Phi) is 2.89. The summed E-state index contributed by atoms with van der Waals surface area (Å²) in [4.78, 5) is 3.47. The molecule has 1 aromatic heterocycles. The normalized spacial score (nSPS) is 12.5. The Morgan fingerprint density at radius 3 is 2.40 bits per heavy atom. The maximum Gasteiger partial charge on any atom is 0.534 e. The second kappa shape index (κ2) is 3.69. The van der Waals surface area contributed by atoms with Gasteiger partial charge in [0.2, 0.25) is 5.88 Å². The number of rotatable bonds is 2. The molecule has 1 aromatic rings. The number of halogens is 3. The first-order chi connectivity index (χ1) is 6.72. The molecular formula is C7H6F3NO3S. The zero-order valence-electron chi connectivity index (χ0n) is 7.45. The summed E-state index contributed by atoms with van der Waals surface area (Å²) < 4.78 is 60.5. The van der Waals surface area contributed by atoms with Crippen molar-refractivity contribution in [2.24, 2.45) is 0 Å². The molecular weight excluding hydrogens is 235 g/mol. The fourth-order valence-electron chi connectivity index (χ4n) is 0.724. The second-order valence-corrected chi connectivity index (χ2v) is 4.14. The molecule has 0 saturated heterocycles. The van der Waals surface area contributed by atoms with Crippen molar-refractivity contribution in [2.75, 3.05) is 0 Å². The van der Waals surface area contributed by atoms with Gasteiger partial charge in [0.1, 0.15) is 0 Å². The third kappa shape index (κ3) is 2.82. The van der Waals surface area contributed by atoms with Crippen molar-refractivity contribution in [2.45, 2.75) is 12.4 Å². The molecule has 0 aromatic carbocycles. The average molecular weight is 241 g/mol. The van der Waals surface area contributed by atoms with Crippen molar-refractivity contribution in [3.8, 4) is 5.88 Å². The minimum absolute atomic E-state index is 0.352. The van der Waals surface area contributed by atoms with Gasteiger partial charge in [-0.1, -0.05) is 6.07 Å². The number of alkyl halides is 3. The van der Waals surface area contributed by atoms with Gasteiger partial charge in [0.05, 0.1) is 0 Å². The molecule has 4 nitrogen and oxygen atoms in total. The quantitative estimate of drug-likeness (QED) is 0.583. The minimum Gasteiger partial charge on any atom is -0.355 e. The highest BCUT2D eigenvalue weighted by molar-refractivity contribution is 7.87. The van der Waals surface area contributed by atoms with Crippen LogP contribution in [0.5, 0.6) is 5.88 Å². The van der Waals surface area contributed by atoms with E-state index in [0.717, 1.165) is 6.07 Å². The van der Waals surface area contributed by atoms with Gasteiger partial charge in [-0.2, -0.15) is 21.6 Å². The molecule has 0 aliphatic rings. The van der Waals surface area contributed by atoms with Gasteiger partial charge in [-0.05, 0) is 13.0 Å². The minimum atomic E-state index is -5.63. The molecule has 1 heterocycles. The zero-order chi connectivity index (χ0) is 11.7. The smallest absolute Gasteiger partial charge is 0.355 e. The molecule has 15 heavy (non-hydrogen) atoms. The lowest BCUT2D eigenvalue weighted by Gasteiger charge is -2.08. The third-order valence-corrected chi connectivity index (χ3v) is 2.30. The van der Waals surface area contributed by atoms with Gasteiger partial charge in [0.25, 0.3) is 0 Å². The maximum absolute atomic E-state index is 11.9. The van der Waals surface area contributed by atoms with Crippen molar-refractivity contribution in [1.29, 1.82) is 0 Å². The Morgan fingerprint density at radius 1 is 1.33 bits per heavy atom. The van der Waals surface area contributed by atoms with Gasteiger partial charge >= 0.3 is 15.6 Å². The summed E-state index contributed by atoms with van der Waals surface area (Å²) in [7, 11) is -5.63. The van der Waals surface area contributed by atoms with Crippen LogP contribution >= 0.6 is 0 Å². The first kappa shape index (κ1) is 11.8. The summed E-state index contributed by atoms with van der Waals surface area (Å²) >= 11 is 0. The molecule has 1 rings (SSSR count). The van der Waals surface area contributed by atoms with E-state index in [1.807, 2.05) is 0 Å². The fourth-order valence-corrected chi connectivity index (χ4v) is 1.14. The van der Waals surface area contributed by atoms with Crippen molar-refractivity contribution in [1.82, 2.24) is 4.98 Å². The molecule has 84 valence electrons. The van der Waals surface area contributed by atoms with Gasteiger partial charge in [-0.3, -0.25) is 0 Å². The van der Waals surface area contributed by atoms with Gasteiger partial charge in [0.15, 0.2) is 0 Å². The number of aryl methyl sites for hydroxylation is 1. The van der Waals surface area contributed by atoms with Crippen molar-refractivity contribution >= 4 is 10.1 Å². The van der Waals surface area contributed by atoms with Crippen molar-refractivity contribution in [3.05, 3.63) is 23.9 Å². The molecule has 8 heteroatoms. The highest BCUT2D eigenvalue weighted by Gasteiger charge is 2.48. The fraction of sp³-hybridized carbons (Fsp3) is 0.286. The summed E-state index contributed by atoms with van der Waals surface area (Å²) in [5.74, 6) is -0.604. The highest BCUT2D eigenvalue weighted by atomic mass is 32.2. The Balaban J connectivity index is 2.98. The van der Waals surface area contributed by atoms with Crippen LogP contribution in [0.3, 0.4) is 0 Å². The third-order valence-electron chi connectivity index (χ3n) is 1.34. The molecule has 0 aliphatic carbocycles. The zero-order valence-corrected chi connectivity index (χ0v) is 8.26. The summed E-state index contributed by atoms with van der Waals surface area (Å²) in [6.45, 7) is 1.49. The van der Waals surface area contributed by atoms with Crippen LogP contribution in [0, 0.1) is 6.92 Å². The molecule has 0 spiro atoms. The average Bonchev–Trinajstić information content (AvgIpc) is 2.00. The number of hydrogen-bond donors (Lipinski definition) is 0. The summed E-state index contributed by atoms with van der Waals surface area (Å²) in [6, 6.07) is 3.85. The van der Waals surface area contributed by atoms with Gasteiger partial charge in [-0.25, -0.2) is 4.98 Å². The predicted molar refractivity (Wildman–Crippen MR) is 44.6 cm³/mol. The van der Waals surface area contributed by atoms with Crippen LogP contribution < -0.4 is 4.18 Å². The second-order valence-electron chi connectivity index (χ2n) is 2.60. The lowest BCUT2D eigenvalue weighted by atomic mass is 10.4. The highest BCUT2D eigenvalue weighted by Crippen LogP contribution is 2.25. The van der Waals surface area contributed by atoms with Crippen LogP contribution in [0.2, 0.25) is 0 Å². The SMILES string of the molecule is Cc1cccc(OS(=O)(=O)C(F)(F)F)n1. The molecule has 0 bridgehead atoms. The van der Waals surface area contributed by atoms with E-state index in [4.69, 9.17) is 0 Å². The van der Waals surface area contributed by atoms with E-state index < -0.39 is 21.5 Å². The van der Waals surface area contributed by atoms with E-state index in [1.165, 1.54) is 19.1 Å². The lowest BCUT2D eigenvalue weighted by Crippen LogP contribution is -2.28. The predicted octanol–water partition coefficient (Wildman–Crippen LogP) is 1.62. The van der Waals surface area contributed by atoms with E-state index in [-0.39, 0.29) is 0 Å².